The van der Waals surface area contributed by atoms with Gasteiger partial charge in [-0.05, 0) is 36.2 Å². The Hall–Kier alpha value is -3.22. The van der Waals surface area contributed by atoms with Crippen LogP contribution >= 0.6 is 0 Å². The van der Waals surface area contributed by atoms with Crippen LogP contribution in [0.5, 0.6) is 11.8 Å². The molecule has 0 aliphatic rings. The van der Waals surface area contributed by atoms with E-state index in [-0.39, 0.29) is 0 Å². The van der Waals surface area contributed by atoms with Crippen molar-refractivity contribution >= 4 is 5.95 Å². The number of hydrogen-bond acceptors (Lipinski definition) is 7. The van der Waals surface area contributed by atoms with Gasteiger partial charge >= 0.3 is 6.01 Å². The van der Waals surface area contributed by atoms with E-state index in [1.807, 2.05) is 43.3 Å². The second-order valence-electron chi connectivity index (χ2n) is 5.53. The van der Waals surface area contributed by atoms with Gasteiger partial charge in [-0.1, -0.05) is 18.2 Å². The van der Waals surface area contributed by atoms with Gasteiger partial charge in [0.05, 0.1) is 13.7 Å². The lowest BCUT2D eigenvalue weighted by atomic mass is 10.1. The summed E-state index contributed by atoms with van der Waals surface area (Å²) in [5, 5.41) is 3.20. The minimum Gasteiger partial charge on any atom is -0.497 e. The fraction of sp³-hybridized carbons (Fsp3) is 0.263. The van der Waals surface area contributed by atoms with Crippen LogP contribution in [-0.2, 0) is 13.0 Å². The second kappa shape index (κ2) is 8.75. The molecule has 0 amide bonds. The number of pyridine rings is 1. The highest BCUT2D eigenvalue weighted by Crippen LogP contribution is 2.16. The number of aromatic nitrogens is 4. The summed E-state index contributed by atoms with van der Waals surface area (Å²) in [7, 11) is 1.65. The summed E-state index contributed by atoms with van der Waals surface area (Å²) >= 11 is 0. The van der Waals surface area contributed by atoms with E-state index in [2.05, 4.69) is 25.3 Å². The number of nitrogens with zero attached hydrogens (tertiary/aromatic N) is 4. The SMILES string of the molecule is CCOc1nc(Cc2ccc(OC)cc2)nc(NCc2cccnc2)n1. The molecule has 0 saturated carbocycles. The van der Waals surface area contributed by atoms with Gasteiger partial charge in [0, 0.05) is 25.4 Å². The maximum absolute atomic E-state index is 5.48. The largest absolute Gasteiger partial charge is 0.497 e. The first-order chi connectivity index (χ1) is 12.8. The van der Waals surface area contributed by atoms with Gasteiger partial charge in [0.15, 0.2) is 0 Å². The topological polar surface area (TPSA) is 82.0 Å². The average molecular weight is 351 g/mol. The Kier molecular flexibility index (Phi) is 5.92. The van der Waals surface area contributed by atoms with Gasteiger partial charge in [-0.15, -0.1) is 0 Å². The molecule has 1 N–H and O–H groups in total. The van der Waals surface area contributed by atoms with E-state index in [1.165, 1.54) is 0 Å². The molecule has 0 radical (unpaired) electrons. The Bertz CT molecular complexity index is 825. The van der Waals surface area contributed by atoms with Crippen LogP contribution in [0.1, 0.15) is 23.9 Å². The lowest BCUT2D eigenvalue weighted by Crippen LogP contribution is -2.10. The molecule has 2 aromatic heterocycles. The first kappa shape index (κ1) is 17.6. The Labute approximate surface area is 152 Å². The van der Waals surface area contributed by atoms with Gasteiger partial charge in [0.1, 0.15) is 11.6 Å². The number of hydrogen-bond donors (Lipinski definition) is 1. The van der Waals surface area contributed by atoms with Crippen LogP contribution in [0.3, 0.4) is 0 Å². The second-order valence-corrected chi connectivity index (χ2v) is 5.53. The van der Waals surface area contributed by atoms with Gasteiger partial charge < -0.3 is 14.8 Å². The van der Waals surface area contributed by atoms with Crippen LogP contribution in [0.4, 0.5) is 5.95 Å². The molecule has 0 saturated heterocycles. The van der Waals surface area contributed by atoms with E-state index >= 15 is 0 Å². The normalized spacial score (nSPS) is 10.4. The maximum Gasteiger partial charge on any atom is 0.321 e. The molecule has 0 bridgehead atoms. The molecular formula is C19H21N5O2. The lowest BCUT2D eigenvalue weighted by molar-refractivity contribution is 0.310. The standard InChI is InChI=1S/C19H21N5O2/c1-3-26-19-23-17(11-14-6-8-16(25-2)9-7-14)22-18(24-19)21-13-15-5-4-10-20-12-15/h4-10,12H,3,11,13H2,1-2H3,(H,21,22,23,24). The Morgan fingerprint density at radius 3 is 2.54 bits per heavy atom. The molecule has 26 heavy (non-hydrogen) atoms. The Morgan fingerprint density at radius 2 is 1.85 bits per heavy atom. The van der Waals surface area contributed by atoms with Gasteiger partial charge in [0.2, 0.25) is 5.95 Å². The summed E-state index contributed by atoms with van der Waals surface area (Å²) in [5.41, 5.74) is 2.13. The summed E-state index contributed by atoms with van der Waals surface area (Å²) in [6.45, 7) is 2.97. The van der Waals surface area contributed by atoms with E-state index in [0.717, 1.165) is 16.9 Å². The molecular weight excluding hydrogens is 330 g/mol. The van der Waals surface area contributed by atoms with Crippen LogP contribution < -0.4 is 14.8 Å². The van der Waals surface area contributed by atoms with Crippen molar-refractivity contribution in [3.63, 3.8) is 0 Å². The van der Waals surface area contributed by atoms with E-state index in [9.17, 15) is 0 Å². The summed E-state index contributed by atoms with van der Waals surface area (Å²) in [6.07, 6.45) is 4.12. The van der Waals surface area contributed by atoms with Gasteiger partial charge in [0.25, 0.3) is 0 Å². The zero-order valence-corrected chi connectivity index (χ0v) is 14.8. The van der Waals surface area contributed by atoms with Crippen molar-refractivity contribution in [1.29, 1.82) is 0 Å². The third-order valence-electron chi connectivity index (χ3n) is 3.63. The fourth-order valence-electron chi connectivity index (χ4n) is 2.36. The Balaban J connectivity index is 1.76. The Morgan fingerprint density at radius 1 is 1.00 bits per heavy atom. The molecule has 1 aromatic carbocycles. The third kappa shape index (κ3) is 4.89. The molecule has 2 heterocycles. The number of anilines is 1. The third-order valence-corrected chi connectivity index (χ3v) is 3.63. The molecule has 0 aliphatic heterocycles. The van der Waals surface area contributed by atoms with Crippen LogP contribution in [0, 0.1) is 0 Å². The van der Waals surface area contributed by atoms with Crippen molar-refractivity contribution in [2.24, 2.45) is 0 Å². The highest BCUT2D eigenvalue weighted by Gasteiger charge is 2.09. The quantitative estimate of drug-likeness (QED) is 0.668. The minimum absolute atomic E-state index is 0.319. The van der Waals surface area contributed by atoms with Gasteiger partial charge in [-0.3, -0.25) is 4.98 Å². The molecule has 0 fully saturated rings. The number of methoxy groups -OCH3 is 1. The van der Waals surface area contributed by atoms with E-state index < -0.39 is 0 Å². The van der Waals surface area contributed by atoms with Crippen molar-refractivity contribution in [3.8, 4) is 11.8 Å². The van der Waals surface area contributed by atoms with Gasteiger partial charge in [-0.2, -0.15) is 15.0 Å². The van der Waals surface area contributed by atoms with Crippen molar-refractivity contribution in [1.82, 2.24) is 19.9 Å². The van der Waals surface area contributed by atoms with Crippen molar-refractivity contribution in [2.75, 3.05) is 19.0 Å². The van der Waals surface area contributed by atoms with Crippen LogP contribution in [0.15, 0.2) is 48.8 Å². The molecule has 3 aromatic rings. The summed E-state index contributed by atoms with van der Waals surface area (Å²) < 4.78 is 10.7. The van der Waals surface area contributed by atoms with Crippen LogP contribution in [0.25, 0.3) is 0 Å². The monoisotopic (exact) mass is 351 g/mol. The molecule has 7 heteroatoms. The lowest BCUT2D eigenvalue weighted by Gasteiger charge is -2.09. The molecule has 0 unspecified atom stereocenters. The summed E-state index contributed by atoms with van der Waals surface area (Å²) in [5.74, 6) is 1.94. The number of ether oxygens (including phenoxy) is 2. The number of benzene rings is 1. The first-order valence-electron chi connectivity index (χ1n) is 8.40. The van der Waals surface area contributed by atoms with E-state index in [0.29, 0.717) is 37.4 Å². The fourth-order valence-corrected chi connectivity index (χ4v) is 2.36. The van der Waals surface area contributed by atoms with E-state index in [1.54, 1.807) is 19.5 Å². The van der Waals surface area contributed by atoms with Crippen LogP contribution in [-0.4, -0.2) is 33.7 Å². The molecule has 7 nitrogen and oxygen atoms in total. The van der Waals surface area contributed by atoms with E-state index in [4.69, 9.17) is 9.47 Å². The molecule has 134 valence electrons. The van der Waals surface area contributed by atoms with Crippen LogP contribution in [0.2, 0.25) is 0 Å². The average Bonchev–Trinajstić information content (AvgIpc) is 2.68. The predicted octanol–water partition coefficient (Wildman–Crippen LogP) is 2.88. The smallest absolute Gasteiger partial charge is 0.321 e. The molecule has 0 spiro atoms. The zero-order valence-electron chi connectivity index (χ0n) is 14.8. The highest BCUT2D eigenvalue weighted by molar-refractivity contribution is 5.32. The van der Waals surface area contributed by atoms with Crippen molar-refractivity contribution in [3.05, 3.63) is 65.7 Å². The van der Waals surface area contributed by atoms with Crippen molar-refractivity contribution < 1.29 is 9.47 Å². The molecule has 0 atom stereocenters. The van der Waals surface area contributed by atoms with Gasteiger partial charge in [-0.25, -0.2) is 0 Å². The minimum atomic E-state index is 0.319. The first-order valence-corrected chi connectivity index (χ1v) is 8.40. The molecule has 0 aliphatic carbocycles. The van der Waals surface area contributed by atoms with Crippen molar-refractivity contribution in [2.45, 2.75) is 19.9 Å². The molecule has 3 rings (SSSR count). The highest BCUT2D eigenvalue weighted by atomic mass is 16.5. The zero-order chi connectivity index (χ0) is 18.2. The maximum atomic E-state index is 5.48. The summed E-state index contributed by atoms with van der Waals surface area (Å²) in [6, 6.07) is 12.0. The predicted molar refractivity (Wildman–Crippen MR) is 98.4 cm³/mol. The number of rotatable bonds is 8. The summed E-state index contributed by atoms with van der Waals surface area (Å²) in [4.78, 5) is 17.3. The number of nitrogens with one attached hydrogen (secondary N) is 1.